The fourth-order valence-electron chi connectivity index (χ4n) is 2.17. The Labute approximate surface area is 132 Å². The van der Waals surface area contributed by atoms with E-state index in [1.165, 1.54) is 6.07 Å². The van der Waals surface area contributed by atoms with Crippen LogP contribution in [0.4, 0.5) is 4.39 Å². The predicted octanol–water partition coefficient (Wildman–Crippen LogP) is 5.65. The van der Waals surface area contributed by atoms with E-state index in [9.17, 15) is 4.39 Å². The molecule has 4 heteroatoms. The van der Waals surface area contributed by atoms with E-state index in [1.807, 2.05) is 37.3 Å². The summed E-state index contributed by atoms with van der Waals surface area (Å²) in [7, 11) is 0. The average Bonchev–Trinajstić information content (AvgIpc) is 2.39. The monoisotopic (exact) mass is 355 g/mol. The van der Waals surface area contributed by atoms with E-state index in [4.69, 9.17) is 11.6 Å². The lowest BCUT2D eigenvalue weighted by atomic mass is 10.0. The Morgan fingerprint density at radius 2 is 1.70 bits per heavy atom. The predicted molar refractivity (Wildman–Crippen MR) is 85.5 cm³/mol. The third kappa shape index (κ3) is 3.81. The van der Waals surface area contributed by atoms with Crippen LogP contribution in [0.5, 0.6) is 0 Å². The molecule has 0 bridgehead atoms. The highest BCUT2D eigenvalue weighted by molar-refractivity contribution is 9.10. The fourth-order valence-corrected chi connectivity index (χ4v) is 2.62. The van der Waals surface area contributed by atoms with E-state index in [0.29, 0.717) is 10.6 Å². The van der Waals surface area contributed by atoms with Gasteiger partial charge in [0.15, 0.2) is 0 Å². The average molecular weight is 357 g/mol. The maximum absolute atomic E-state index is 13.9. The van der Waals surface area contributed by atoms with Crippen LogP contribution in [0.15, 0.2) is 46.9 Å². The summed E-state index contributed by atoms with van der Waals surface area (Å²) < 4.78 is 14.7. The topological polar surface area (TPSA) is 12.0 Å². The Kier molecular flexibility index (Phi) is 5.19. The van der Waals surface area contributed by atoms with Crippen molar-refractivity contribution in [1.82, 2.24) is 5.32 Å². The molecule has 0 amide bonds. The van der Waals surface area contributed by atoms with Crippen molar-refractivity contribution in [3.8, 4) is 0 Å². The zero-order chi connectivity index (χ0) is 14.7. The maximum atomic E-state index is 13.9. The van der Waals surface area contributed by atoms with Crippen LogP contribution in [0, 0.1) is 5.82 Å². The van der Waals surface area contributed by atoms with Crippen molar-refractivity contribution >= 4 is 27.5 Å². The Hall–Kier alpha value is -0.900. The third-order valence-electron chi connectivity index (χ3n) is 3.30. The van der Waals surface area contributed by atoms with E-state index < -0.39 is 0 Å². The summed E-state index contributed by atoms with van der Waals surface area (Å²) >= 11 is 9.15. The number of nitrogens with one attached hydrogen (secondary N) is 1. The van der Waals surface area contributed by atoms with Crippen molar-refractivity contribution in [3.63, 3.8) is 0 Å². The van der Waals surface area contributed by atoms with Gasteiger partial charge < -0.3 is 5.32 Å². The standard InChI is InChI=1S/C16H16BrClFN/c1-10(12-3-6-14(18)7-4-12)20-11(2)15-8-5-13(17)9-16(15)19/h3-11,20H,1-2H3/t10-,11?/m0/s1. The van der Waals surface area contributed by atoms with Gasteiger partial charge in [0, 0.05) is 27.1 Å². The first kappa shape index (κ1) is 15.5. The molecular weight excluding hydrogens is 341 g/mol. The van der Waals surface area contributed by atoms with E-state index in [0.717, 1.165) is 10.0 Å². The van der Waals surface area contributed by atoms with Crippen LogP contribution in [0.3, 0.4) is 0 Å². The summed E-state index contributed by atoms with van der Waals surface area (Å²) in [6, 6.07) is 12.9. The number of benzene rings is 2. The van der Waals surface area contributed by atoms with Crippen molar-refractivity contribution < 1.29 is 4.39 Å². The molecule has 0 aliphatic heterocycles. The summed E-state index contributed by atoms with van der Waals surface area (Å²) in [6.07, 6.45) is 0. The third-order valence-corrected chi connectivity index (χ3v) is 4.04. The second-order valence-corrected chi connectivity index (χ2v) is 6.18. The molecule has 0 fully saturated rings. The molecular formula is C16H16BrClFN. The molecule has 1 unspecified atom stereocenters. The molecule has 2 atom stereocenters. The molecule has 0 heterocycles. The molecule has 0 aliphatic carbocycles. The summed E-state index contributed by atoms with van der Waals surface area (Å²) in [5, 5.41) is 4.11. The molecule has 1 N–H and O–H groups in total. The summed E-state index contributed by atoms with van der Waals surface area (Å²) in [6.45, 7) is 4.01. The smallest absolute Gasteiger partial charge is 0.129 e. The van der Waals surface area contributed by atoms with Crippen molar-refractivity contribution in [2.24, 2.45) is 0 Å². The van der Waals surface area contributed by atoms with Crippen LogP contribution in [-0.2, 0) is 0 Å². The minimum atomic E-state index is -0.206. The van der Waals surface area contributed by atoms with Gasteiger partial charge in [0.25, 0.3) is 0 Å². The Morgan fingerprint density at radius 1 is 1.05 bits per heavy atom. The van der Waals surface area contributed by atoms with Crippen LogP contribution in [-0.4, -0.2) is 0 Å². The van der Waals surface area contributed by atoms with E-state index in [2.05, 4.69) is 28.2 Å². The van der Waals surface area contributed by atoms with Gasteiger partial charge in [-0.05, 0) is 43.7 Å². The zero-order valence-electron chi connectivity index (χ0n) is 11.3. The van der Waals surface area contributed by atoms with Crippen molar-refractivity contribution in [3.05, 3.63) is 68.9 Å². The normalized spacial score (nSPS) is 14.1. The van der Waals surface area contributed by atoms with Crippen LogP contribution in [0.2, 0.25) is 5.02 Å². The number of halogens is 3. The first-order valence-electron chi connectivity index (χ1n) is 6.44. The van der Waals surface area contributed by atoms with E-state index >= 15 is 0 Å². The quantitative estimate of drug-likeness (QED) is 0.746. The first-order valence-corrected chi connectivity index (χ1v) is 7.61. The van der Waals surface area contributed by atoms with Gasteiger partial charge in [0.05, 0.1) is 0 Å². The zero-order valence-corrected chi connectivity index (χ0v) is 13.7. The van der Waals surface area contributed by atoms with Crippen molar-refractivity contribution in [2.75, 3.05) is 0 Å². The Bertz CT molecular complexity index is 586. The van der Waals surface area contributed by atoms with Crippen LogP contribution in [0.1, 0.15) is 37.1 Å². The lowest BCUT2D eigenvalue weighted by molar-refractivity contribution is 0.474. The van der Waals surface area contributed by atoms with Gasteiger partial charge in [0.1, 0.15) is 5.82 Å². The fraction of sp³-hybridized carbons (Fsp3) is 0.250. The molecule has 2 aromatic rings. The highest BCUT2D eigenvalue weighted by Crippen LogP contribution is 2.24. The van der Waals surface area contributed by atoms with E-state index in [1.54, 1.807) is 6.07 Å². The number of hydrogen-bond donors (Lipinski definition) is 1. The van der Waals surface area contributed by atoms with Gasteiger partial charge in [-0.2, -0.15) is 0 Å². The molecule has 0 saturated carbocycles. The van der Waals surface area contributed by atoms with Crippen LogP contribution >= 0.6 is 27.5 Å². The van der Waals surface area contributed by atoms with Gasteiger partial charge in [-0.25, -0.2) is 4.39 Å². The Balaban J connectivity index is 2.10. The highest BCUT2D eigenvalue weighted by atomic mass is 79.9. The van der Waals surface area contributed by atoms with Crippen molar-refractivity contribution in [1.29, 1.82) is 0 Å². The minimum Gasteiger partial charge on any atom is -0.304 e. The van der Waals surface area contributed by atoms with Crippen LogP contribution < -0.4 is 5.32 Å². The van der Waals surface area contributed by atoms with Crippen LogP contribution in [0.25, 0.3) is 0 Å². The van der Waals surface area contributed by atoms with Gasteiger partial charge in [0.2, 0.25) is 0 Å². The molecule has 2 aromatic carbocycles. The summed E-state index contributed by atoms with van der Waals surface area (Å²) in [5.41, 5.74) is 1.78. The molecule has 20 heavy (non-hydrogen) atoms. The largest absolute Gasteiger partial charge is 0.304 e. The second-order valence-electron chi connectivity index (χ2n) is 4.83. The summed E-state index contributed by atoms with van der Waals surface area (Å²) in [5.74, 6) is -0.206. The molecule has 106 valence electrons. The Morgan fingerprint density at radius 3 is 2.30 bits per heavy atom. The molecule has 2 rings (SSSR count). The molecule has 0 aliphatic rings. The molecule has 0 radical (unpaired) electrons. The second kappa shape index (κ2) is 6.70. The number of hydrogen-bond acceptors (Lipinski definition) is 1. The molecule has 0 aromatic heterocycles. The van der Waals surface area contributed by atoms with E-state index in [-0.39, 0.29) is 17.9 Å². The molecule has 1 nitrogen and oxygen atoms in total. The number of rotatable bonds is 4. The van der Waals surface area contributed by atoms with Gasteiger partial charge in [-0.3, -0.25) is 0 Å². The van der Waals surface area contributed by atoms with Gasteiger partial charge in [-0.15, -0.1) is 0 Å². The van der Waals surface area contributed by atoms with Crippen molar-refractivity contribution in [2.45, 2.75) is 25.9 Å². The summed E-state index contributed by atoms with van der Waals surface area (Å²) in [4.78, 5) is 0. The molecule has 0 saturated heterocycles. The minimum absolute atomic E-state index is 0.0752. The first-order chi connectivity index (χ1) is 9.47. The van der Waals surface area contributed by atoms with Gasteiger partial charge in [-0.1, -0.05) is 45.7 Å². The molecule has 0 spiro atoms. The lowest BCUT2D eigenvalue weighted by Crippen LogP contribution is -2.23. The lowest BCUT2D eigenvalue weighted by Gasteiger charge is -2.21. The highest BCUT2D eigenvalue weighted by Gasteiger charge is 2.14. The SMILES string of the molecule is CC(N[C@@H](C)c1ccc(Cl)cc1)c1ccc(Br)cc1F. The maximum Gasteiger partial charge on any atom is 0.129 e. The van der Waals surface area contributed by atoms with Gasteiger partial charge >= 0.3 is 0 Å².